The third-order valence-corrected chi connectivity index (χ3v) is 10.3. The van der Waals surface area contributed by atoms with Crippen molar-refractivity contribution >= 4 is 25.5 Å². The summed E-state index contributed by atoms with van der Waals surface area (Å²) in [6.07, 6.45) is -1.43. The van der Waals surface area contributed by atoms with Gasteiger partial charge in [-0.1, -0.05) is 19.6 Å². The van der Waals surface area contributed by atoms with Crippen molar-refractivity contribution in [1.82, 2.24) is 34.3 Å². The zero-order chi connectivity index (χ0) is 35.4. The van der Waals surface area contributed by atoms with E-state index in [0.29, 0.717) is 42.4 Å². The van der Waals surface area contributed by atoms with Crippen LogP contribution in [0.3, 0.4) is 0 Å². The van der Waals surface area contributed by atoms with E-state index in [1.165, 1.54) is 22.6 Å². The molecule has 0 saturated carbocycles. The van der Waals surface area contributed by atoms with Crippen molar-refractivity contribution in [1.29, 1.82) is 0 Å². The van der Waals surface area contributed by atoms with Crippen molar-refractivity contribution in [3.8, 4) is 28.4 Å². The Morgan fingerprint density at radius 1 is 1.06 bits per heavy atom. The number of amides is 1. The maximum atomic E-state index is 14.2. The minimum absolute atomic E-state index is 0.00482. The number of rotatable bonds is 10. The molecule has 264 valence electrons. The topological polar surface area (TPSA) is 112 Å². The first-order valence-corrected chi connectivity index (χ1v) is 19.9. The number of alkyl halides is 3. The lowest BCUT2D eigenvalue weighted by atomic mass is 9.73. The Morgan fingerprint density at radius 3 is 2.41 bits per heavy atom. The number of pyridine rings is 2. The average molecular weight is 701 g/mol. The van der Waals surface area contributed by atoms with E-state index >= 15 is 0 Å². The second-order valence-electron chi connectivity index (χ2n) is 15.2. The van der Waals surface area contributed by atoms with Crippen molar-refractivity contribution in [2.75, 3.05) is 44.8 Å². The highest BCUT2D eigenvalue weighted by Gasteiger charge is 2.54. The highest BCUT2D eigenvalue weighted by Crippen LogP contribution is 2.43. The minimum Gasteiger partial charge on any atom is -0.493 e. The Bertz CT molecular complexity index is 1810. The van der Waals surface area contributed by atoms with Gasteiger partial charge in [-0.15, -0.1) is 0 Å². The van der Waals surface area contributed by atoms with Gasteiger partial charge in [0.25, 0.3) is 0 Å². The standard InChI is InChI=1S/C33H43F3N8O4Si/c1-31(2,3)48-30(45)42-18-32(19-42)16-41(17-32)23-8-9-25(37-14-23)27-24(13-33(34,35)36)28(44(40-27)21-47-10-11-49(5,6)7)22-12-26(46-4)29-38-20-39-43(29)15-22/h8-9,12,14-15,20H,10-11,13,16-19,21H2,1-7H3. The van der Waals surface area contributed by atoms with Gasteiger partial charge in [0, 0.05) is 63.6 Å². The van der Waals surface area contributed by atoms with Crippen molar-refractivity contribution < 1.29 is 32.2 Å². The molecule has 12 nitrogen and oxygen atoms in total. The van der Waals surface area contributed by atoms with Gasteiger partial charge in [0.2, 0.25) is 0 Å². The second kappa shape index (κ2) is 12.6. The molecule has 0 aliphatic carbocycles. The van der Waals surface area contributed by atoms with Gasteiger partial charge in [-0.3, -0.25) is 4.98 Å². The Morgan fingerprint density at radius 2 is 1.80 bits per heavy atom. The molecule has 0 bridgehead atoms. The lowest BCUT2D eigenvalue weighted by Crippen LogP contribution is -2.73. The number of halogens is 3. The number of hydrogen-bond acceptors (Lipinski definition) is 9. The third kappa shape index (κ3) is 7.69. The molecule has 6 heterocycles. The summed E-state index contributed by atoms with van der Waals surface area (Å²) in [5.74, 6) is 0.359. The van der Waals surface area contributed by atoms with E-state index in [1.54, 1.807) is 29.4 Å². The van der Waals surface area contributed by atoms with Crippen molar-refractivity contribution in [2.24, 2.45) is 5.41 Å². The van der Waals surface area contributed by atoms with Crippen molar-refractivity contribution in [2.45, 2.75) is 71.4 Å². The molecular weight excluding hydrogens is 657 g/mol. The van der Waals surface area contributed by atoms with E-state index in [4.69, 9.17) is 19.3 Å². The molecule has 16 heteroatoms. The maximum Gasteiger partial charge on any atom is 0.410 e. The van der Waals surface area contributed by atoms with E-state index < -0.39 is 26.3 Å². The average Bonchev–Trinajstić information content (AvgIpc) is 3.56. The number of carbonyl (C=O) groups excluding carboxylic acids is 1. The highest BCUT2D eigenvalue weighted by molar-refractivity contribution is 6.76. The van der Waals surface area contributed by atoms with Crippen LogP contribution in [0.4, 0.5) is 23.7 Å². The molecule has 49 heavy (non-hydrogen) atoms. The maximum absolute atomic E-state index is 14.2. The Hall–Kier alpha value is -4.18. The number of ether oxygens (including phenoxy) is 3. The van der Waals surface area contributed by atoms with Gasteiger partial charge in [-0.25, -0.2) is 19.0 Å². The van der Waals surface area contributed by atoms with Crippen LogP contribution in [0.15, 0.2) is 36.9 Å². The molecule has 2 saturated heterocycles. The number of aromatic nitrogens is 6. The van der Waals surface area contributed by atoms with Gasteiger partial charge in [0.05, 0.1) is 36.8 Å². The molecule has 0 N–H and O–H groups in total. The van der Waals surface area contributed by atoms with Crippen LogP contribution in [0, 0.1) is 5.41 Å². The smallest absolute Gasteiger partial charge is 0.410 e. The predicted octanol–water partition coefficient (Wildman–Crippen LogP) is 6.14. The van der Waals surface area contributed by atoms with Crippen LogP contribution in [0.25, 0.3) is 28.3 Å². The largest absolute Gasteiger partial charge is 0.493 e. The molecule has 6 rings (SSSR count). The fourth-order valence-electron chi connectivity index (χ4n) is 6.27. The van der Waals surface area contributed by atoms with Crippen LogP contribution >= 0.6 is 0 Å². The summed E-state index contributed by atoms with van der Waals surface area (Å²) in [6.45, 7) is 15.4. The molecule has 2 fully saturated rings. The van der Waals surface area contributed by atoms with E-state index in [-0.39, 0.29) is 35.2 Å². The second-order valence-corrected chi connectivity index (χ2v) is 20.9. The quantitative estimate of drug-likeness (QED) is 0.142. The molecule has 1 amide bonds. The summed E-state index contributed by atoms with van der Waals surface area (Å²) in [4.78, 5) is 25.1. The number of fused-ring (bicyclic) bond motifs is 1. The zero-order valence-corrected chi connectivity index (χ0v) is 30.0. The number of likely N-dealkylation sites (tertiary alicyclic amines) is 1. The Kier molecular flexibility index (Phi) is 8.92. The van der Waals surface area contributed by atoms with Gasteiger partial charge in [0.15, 0.2) is 11.4 Å². The highest BCUT2D eigenvalue weighted by atomic mass is 28.3. The fourth-order valence-corrected chi connectivity index (χ4v) is 7.03. The molecule has 0 atom stereocenters. The first-order chi connectivity index (χ1) is 22.9. The normalized spacial score (nSPS) is 16.2. The van der Waals surface area contributed by atoms with Gasteiger partial charge in [-0.2, -0.15) is 23.4 Å². The van der Waals surface area contributed by atoms with Crippen LogP contribution < -0.4 is 9.64 Å². The van der Waals surface area contributed by atoms with Crippen LogP contribution in [-0.2, 0) is 22.6 Å². The number of anilines is 1. The number of nitrogens with zero attached hydrogens (tertiary/aromatic N) is 8. The molecule has 0 unspecified atom stereocenters. The summed E-state index contributed by atoms with van der Waals surface area (Å²) in [5, 5.41) is 8.90. The molecule has 2 aliphatic heterocycles. The Labute approximate surface area is 284 Å². The number of hydrogen-bond donors (Lipinski definition) is 0. The number of carbonyl (C=O) groups is 1. The number of methoxy groups -OCH3 is 1. The van der Waals surface area contributed by atoms with E-state index in [2.05, 4.69) is 39.6 Å². The van der Waals surface area contributed by atoms with Crippen LogP contribution in [0.5, 0.6) is 5.75 Å². The third-order valence-electron chi connectivity index (χ3n) is 8.58. The van der Waals surface area contributed by atoms with Gasteiger partial charge in [-0.05, 0) is 45.0 Å². The minimum atomic E-state index is -4.53. The molecular formula is C33H43F3N8O4Si. The van der Waals surface area contributed by atoms with Gasteiger partial charge >= 0.3 is 12.3 Å². The molecule has 4 aromatic heterocycles. The summed E-state index contributed by atoms with van der Waals surface area (Å²) in [5.41, 5.74) is 1.81. The van der Waals surface area contributed by atoms with E-state index in [1.807, 2.05) is 26.8 Å². The summed E-state index contributed by atoms with van der Waals surface area (Å²) in [7, 11) is 0.0601. The van der Waals surface area contributed by atoms with Gasteiger partial charge < -0.3 is 24.0 Å². The monoisotopic (exact) mass is 700 g/mol. The SMILES string of the molecule is COc1cc(-c2c(CC(F)(F)F)c(-c3ccc(N4CC5(CN(C(=O)OC(C)(C)C)C5)C4)cn3)nn2COCC[Si](C)(C)C)cn2ncnc12. The summed E-state index contributed by atoms with van der Waals surface area (Å²) >= 11 is 0. The fraction of sp³-hybridized carbons (Fsp3) is 0.545. The molecule has 2 aliphatic rings. The Balaban J connectivity index is 1.28. The van der Waals surface area contributed by atoms with Crippen molar-refractivity contribution in [3.05, 3.63) is 42.5 Å². The summed E-state index contributed by atoms with van der Waals surface area (Å²) in [6, 6.07) is 6.09. The van der Waals surface area contributed by atoms with E-state index in [9.17, 15) is 18.0 Å². The van der Waals surface area contributed by atoms with Gasteiger partial charge in [0.1, 0.15) is 24.4 Å². The predicted molar refractivity (Wildman–Crippen MR) is 180 cm³/mol. The summed E-state index contributed by atoms with van der Waals surface area (Å²) < 4.78 is 62.7. The first-order valence-electron chi connectivity index (χ1n) is 16.2. The van der Waals surface area contributed by atoms with Crippen molar-refractivity contribution in [3.63, 3.8) is 0 Å². The first kappa shape index (κ1) is 34.7. The molecule has 0 aromatic carbocycles. The molecule has 0 radical (unpaired) electrons. The lowest BCUT2D eigenvalue weighted by Gasteiger charge is -2.60. The molecule has 1 spiro atoms. The molecule has 4 aromatic rings. The van der Waals surface area contributed by atoms with Crippen LogP contribution in [-0.4, -0.2) is 100 Å². The zero-order valence-electron chi connectivity index (χ0n) is 29.0. The lowest BCUT2D eigenvalue weighted by molar-refractivity contribution is -0.127. The van der Waals surface area contributed by atoms with Crippen LogP contribution in [0.2, 0.25) is 25.7 Å². The van der Waals surface area contributed by atoms with E-state index in [0.717, 1.165) is 24.8 Å². The van der Waals surface area contributed by atoms with Crippen LogP contribution in [0.1, 0.15) is 26.3 Å².